The highest BCUT2D eigenvalue weighted by molar-refractivity contribution is 5.77. The molecule has 110 valence electrons. The molecule has 0 saturated carbocycles. The smallest absolute Gasteiger partial charge is 0.323 e. The zero-order chi connectivity index (χ0) is 14.4. The number of carbonyl (C=O) groups is 1. The summed E-state index contributed by atoms with van der Waals surface area (Å²) in [6.45, 7) is 6.91. The average Bonchev–Trinajstić information content (AvgIpc) is 2.64. The molecule has 1 aromatic heterocycles. The first-order valence-corrected chi connectivity index (χ1v) is 6.87. The Labute approximate surface area is 118 Å². The summed E-state index contributed by atoms with van der Waals surface area (Å²) in [4.78, 5) is 26.2. The van der Waals surface area contributed by atoms with Gasteiger partial charge in [0.15, 0.2) is 0 Å². The predicted octanol–water partition coefficient (Wildman–Crippen LogP) is 0.0284. The lowest BCUT2D eigenvalue weighted by Crippen LogP contribution is -2.30. The molecule has 2 N–H and O–H groups in total. The fourth-order valence-corrected chi connectivity index (χ4v) is 1.89. The van der Waals surface area contributed by atoms with Gasteiger partial charge in [-0.25, -0.2) is 0 Å². The van der Waals surface area contributed by atoms with E-state index in [-0.39, 0.29) is 5.91 Å². The summed E-state index contributed by atoms with van der Waals surface area (Å²) in [6.07, 6.45) is 0.437. The van der Waals surface area contributed by atoms with Crippen LogP contribution in [0.5, 0.6) is 6.01 Å². The van der Waals surface area contributed by atoms with E-state index in [1.165, 1.54) is 0 Å². The van der Waals surface area contributed by atoms with E-state index in [0.29, 0.717) is 50.6 Å². The van der Waals surface area contributed by atoms with Crippen LogP contribution in [0.4, 0.5) is 11.9 Å². The van der Waals surface area contributed by atoms with E-state index in [2.05, 4.69) is 25.6 Å². The van der Waals surface area contributed by atoms with Gasteiger partial charge in [0.05, 0.1) is 6.61 Å². The second kappa shape index (κ2) is 6.88. The fraction of sp³-hybridized carbons (Fsp3) is 0.667. The van der Waals surface area contributed by atoms with Gasteiger partial charge in [-0.1, -0.05) is 0 Å². The van der Waals surface area contributed by atoms with Crippen LogP contribution >= 0.6 is 0 Å². The second-order valence-corrected chi connectivity index (χ2v) is 4.29. The number of aromatic nitrogens is 3. The van der Waals surface area contributed by atoms with Gasteiger partial charge in [-0.05, 0) is 13.8 Å². The van der Waals surface area contributed by atoms with Gasteiger partial charge >= 0.3 is 6.01 Å². The van der Waals surface area contributed by atoms with E-state index >= 15 is 0 Å². The summed E-state index contributed by atoms with van der Waals surface area (Å²) in [5, 5.41) is 5.88. The molecule has 1 aliphatic rings. The Balaban J connectivity index is 2.21. The zero-order valence-corrected chi connectivity index (χ0v) is 11.8. The maximum absolute atomic E-state index is 11.4. The van der Waals surface area contributed by atoms with Crippen molar-refractivity contribution in [1.82, 2.24) is 20.3 Å². The number of hydrogen-bond acceptors (Lipinski definition) is 7. The maximum atomic E-state index is 11.4. The Morgan fingerprint density at radius 2 is 2.15 bits per heavy atom. The van der Waals surface area contributed by atoms with Crippen molar-refractivity contribution in [3.05, 3.63) is 0 Å². The fourth-order valence-electron chi connectivity index (χ4n) is 1.89. The molecule has 2 rings (SSSR count). The molecule has 0 aromatic carbocycles. The van der Waals surface area contributed by atoms with Gasteiger partial charge in [-0.3, -0.25) is 4.79 Å². The van der Waals surface area contributed by atoms with E-state index < -0.39 is 0 Å². The molecule has 1 aromatic rings. The standard InChI is InChI=1S/C12H20N6O2/c1-3-13-10-15-11(17-12(16-10)20-4-2)18-7-5-9(19)14-6-8-18/h3-8H2,1-2H3,(H,14,19)(H,13,15,16,17). The van der Waals surface area contributed by atoms with Gasteiger partial charge < -0.3 is 20.3 Å². The normalized spacial score (nSPS) is 15.5. The molecule has 0 spiro atoms. The number of nitrogens with one attached hydrogen (secondary N) is 2. The first-order valence-electron chi connectivity index (χ1n) is 6.87. The van der Waals surface area contributed by atoms with Crippen LogP contribution in [-0.2, 0) is 4.79 Å². The Hall–Kier alpha value is -2.12. The maximum Gasteiger partial charge on any atom is 0.323 e. The van der Waals surface area contributed by atoms with Crippen molar-refractivity contribution in [2.24, 2.45) is 0 Å². The van der Waals surface area contributed by atoms with Crippen LogP contribution in [0.2, 0.25) is 0 Å². The monoisotopic (exact) mass is 280 g/mol. The lowest BCUT2D eigenvalue weighted by molar-refractivity contribution is -0.120. The summed E-state index contributed by atoms with van der Waals surface area (Å²) >= 11 is 0. The summed E-state index contributed by atoms with van der Waals surface area (Å²) < 4.78 is 5.37. The summed E-state index contributed by atoms with van der Waals surface area (Å²) in [5.74, 6) is 1.08. The highest BCUT2D eigenvalue weighted by atomic mass is 16.5. The van der Waals surface area contributed by atoms with Crippen LogP contribution in [0.1, 0.15) is 20.3 Å². The predicted molar refractivity (Wildman–Crippen MR) is 75.0 cm³/mol. The van der Waals surface area contributed by atoms with Crippen LogP contribution in [0.25, 0.3) is 0 Å². The van der Waals surface area contributed by atoms with Gasteiger partial charge in [0.2, 0.25) is 17.8 Å². The minimum absolute atomic E-state index is 0.0542. The Morgan fingerprint density at radius 1 is 1.30 bits per heavy atom. The number of amides is 1. The number of anilines is 2. The number of hydrogen-bond donors (Lipinski definition) is 2. The van der Waals surface area contributed by atoms with Crippen molar-refractivity contribution < 1.29 is 9.53 Å². The number of carbonyl (C=O) groups excluding carboxylic acids is 1. The lowest BCUT2D eigenvalue weighted by Gasteiger charge is -2.20. The average molecular weight is 280 g/mol. The van der Waals surface area contributed by atoms with Crippen molar-refractivity contribution in [2.45, 2.75) is 20.3 Å². The molecule has 0 radical (unpaired) electrons. The molecule has 1 fully saturated rings. The number of ether oxygens (including phenoxy) is 1. The molecule has 0 atom stereocenters. The molecule has 0 unspecified atom stereocenters. The van der Waals surface area contributed by atoms with E-state index in [1.807, 2.05) is 18.7 Å². The minimum Gasteiger partial charge on any atom is -0.464 e. The number of rotatable bonds is 5. The largest absolute Gasteiger partial charge is 0.464 e. The molecule has 1 amide bonds. The topological polar surface area (TPSA) is 92.3 Å². The first kappa shape index (κ1) is 14.3. The van der Waals surface area contributed by atoms with Crippen LogP contribution in [0.15, 0.2) is 0 Å². The van der Waals surface area contributed by atoms with E-state index in [0.717, 1.165) is 6.54 Å². The Morgan fingerprint density at radius 3 is 2.90 bits per heavy atom. The van der Waals surface area contributed by atoms with Gasteiger partial charge in [-0.2, -0.15) is 15.0 Å². The van der Waals surface area contributed by atoms with Crippen LogP contribution in [0, 0.1) is 0 Å². The molecule has 0 bridgehead atoms. The quantitative estimate of drug-likeness (QED) is 0.786. The summed E-state index contributed by atoms with van der Waals surface area (Å²) in [5.41, 5.74) is 0. The van der Waals surface area contributed by atoms with Crippen LogP contribution in [-0.4, -0.2) is 53.6 Å². The molecule has 8 nitrogen and oxygen atoms in total. The van der Waals surface area contributed by atoms with Gasteiger partial charge in [-0.15, -0.1) is 0 Å². The van der Waals surface area contributed by atoms with Gasteiger partial charge in [0, 0.05) is 32.6 Å². The SMILES string of the molecule is CCNc1nc(OCC)nc(N2CCNC(=O)CC2)n1. The molecule has 2 heterocycles. The van der Waals surface area contributed by atoms with E-state index in [1.54, 1.807) is 0 Å². The Bertz CT molecular complexity index is 443. The Kier molecular flexibility index (Phi) is 4.91. The molecule has 0 aliphatic carbocycles. The third-order valence-corrected chi connectivity index (χ3v) is 2.81. The third-order valence-electron chi connectivity index (χ3n) is 2.81. The van der Waals surface area contributed by atoms with Crippen molar-refractivity contribution in [3.63, 3.8) is 0 Å². The van der Waals surface area contributed by atoms with Crippen LogP contribution < -0.4 is 20.3 Å². The molecular weight excluding hydrogens is 260 g/mol. The summed E-state index contributed by atoms with van der Waals surface area (Å²) in [6, 6.07) is 0.303. The molecule has 8 heteroatoms. The van der Waals surface area contributed by atoms with E-state index in [9.17, 15) is 4.79 Å². The van der Waals surface area contributed by atoms with Crippen molar-refractivity contribution in [2.75, 3.05) is 43.0 Å². The first-order chi connectivity index (χ1) is 9.72. The third kappa shape index (κ3) is 3.69. The minimum atomic E-state index is 0.0542. The van der Waals surface area contributed by atoms with E-state index in [4.69, 9.17) is 4.74 Å². The van der Waals surface area contributed by atoms with Gasteiger partial charge in [0.1, 0.15) is 0 Å². The van der Waals surface area contributed by atoms with Crippen molar-refractivity contribution in [3.8, 4) is 6.01 Å². The van der Waals surface area contributed by atoms with Gasteiger partial charge in [0.25, 0.3) is 0 Å². The molecule has 1 aliphatic heterocycles. The highest BCUT2D eigenvalue weighted by Gasteiger charge is 2.18. The molecule has 1 saturated heterocycles. The lowest BCUT2D eigenvalue weighted by atomic mass is 10.4. The van der Waals surface area contributed by atoms with Crippen molar-refractivity contribution >= 4 is 17.8 Å². The molecule has 20 heavy (non-hydrogen) atoms. The summed E-state index contributed by atoms with van der Waals surface area (Å²) in [7, 11) is 0. The molecular formula is C12H20N6O2. The van der Waals surface area contributed by atoms with Crippen LogP contribution in [0.3, 0.4) is 0 Å². The zero-order valence-electron chi connectivity index (χ0n) is 11.8. The van der Waals surface area contributed by atoms with Crippen molar-refractivity contribution in [1.29, 1.82) is 0 Å². The highest BCUT2D eigenvalue weighted by Crippen LogP contribution is 2.16. The second-order valence-electron chi connectivity index (χ2n) is 4.29. The number of nitrogens with zero attached hydrogens (tertiary/aromatic N) is 4.